The molecule has 0 heterocycles. The molecule has 0 saturated carbocycles. The molecular formula is C14H15F3N2O. The van der Waals surface area contributed by atoms with Crippen molar-refractivity contribution in [1.82, 2.24) is 0 Å². The fraction of sp³-hybridized carbons (Fsp3) is 0.429. The van der Waals surface area contributed by atoms with Crippen LogP contribution in [0.2, 0.25) is 0 Å². The van der Waals surface area contributed by atoms with Gasteiger partial charge in [0.15, 0.2) is 0 Å². The topological polar surface area (TPSA) is 52.9 Å². The van der Waals surface area contributed by atoms with Crippen LogP contribution in [0.1, 0.15) is 32.3 Å². The van der Waals surface area contributed by atoms with Gasteiger partial charge in [0.1, 0.15) is 5.41 Å². The van der Waals surface area contributed by atoms with Crippen molar-refractivity contribution in [3.8, 4) is 6.07 Å². The highest BCUT2D eigenvalue weighted by Crippen LogP contribution is 2.36. The van der Waals surface area contributed by atoms with Crippen molar-refractivity contribution in [1.29, 1.82) is 5.26 Å². The molecule has 0 fully saturated rings. The number of carbonyl (C=O) groups excluding carboxylic acids is 1. The van der Waals surface area contributed by atoms with Crippen LogP contribution in [0.5, 0.6) is 0 Å². The van der Waals surface area contributed by atoms with E-state index in [1.54, 1.807) is 13.8 Å². The van der Waals surface area contributed by atoms with Crippen LogP contribution >= 0.6 is 0 Å². The molecule has 6 heteroatoms. The first-order chi connectivity index (χ1) is 9.30. The number of nitrogens with zero attached hydrogens (tertiary/aromatic N) is 1. The zero-order chi connectivity index (χ0) is 15.4. The van der Waals surface area contributed by atoms with Gasteiger partial charge in [-0.25, -0.2) is 0 Å². The lowest BCUT2D eigenvalue weighted by Crippen LogP contribution is -2.34. The molecule has 0 aliphatic rings. The number of para-hydroxylation sites is 1. The molecule has 0 bridgehead atoms. The van der Waals surface area contributed by atoms with Crippen LogP contribution in [0.3, 0.4) is 0 Å². The van der Waals surface area contributed by atoms with Gasteiger partial charge in [-0.3, -0.25) is 4.79 Å². The standard InChI is InChI=1S/C14H15F3N2O/c1-3-13(4-2,9-18)12(20)19-11-8-6-5-7-10(11)14(15,16)17/h5-8H,3-4H2,1-2H3,(H,19,20). The normalized spacial score (nSPS) is 11.8. The summed E-state index contributed by atoms with van der Waals surface area (Å²) in [6, 6.07) is 6.61. The molecule has 0 unspecified atom stereocenters. The van der Waals surface area contributed by atoms with Gasteiger partial charge in [0.25, 0.3) is 0 Å². The summed E-state index contributed by atoms with van der Waals surface area (Å²) in [6.07, 6.45) is -4.09. The monoisotopic (exact) mass is 284 g/mol. The lowest BCUT2D eigenvalue weighted by atomic mass is 9.83. The van der Waals surface area contributed by atoms with E-state index in [0.717, 1.165) is 6.07 Å². The van der Waals surface area contributed by atoms with Gasteiger partial charge in [0.05, 0.1) is 17.3 Å². The summed E-state index contributed by atoms with van der Waals surface area (Å²) in [7, 11) is 0. The highest BCUT2D eigenvalue weighted by atomic mass is 19.4. The average molecular weight is 284 g/mol. The van der Waals surface area contributed by atoms with Crippen molar-refractivity contribution >= 4 is 11.6 Å². The molecule has 1 rings (SSSR count). The van der Waals surface area contributed by atoms with Gasteiger partial charge < -0.3 is 5.32 Å². The van der Waals surface area contributed by atoms with Crippen LogP contribution < -0.4 is 5.32 Å². The Kier molecular flexibility index (Phi) is 4.77. The third-order valence-corrected chi connectivity index (χ3v) is 3.34. The summed E-state index contributed by atoms with van der Waals surface area (Å²) >= 11 is 0. The Morgan fingerprint density at radius 3 is 2.25 bits per heavy atom. The fourth-order valence-electron chi connectivity index (χ4n) is 1.86. The Bertz CT molecular complexity index is 528. The highest BCUT2D eigenvalue weighted by molar-refractivity contribution is 5.97. The van der Waals surface area contributed by atoms with Crippen molar-refractivity contribution in [2.45, 2.75) is 32.9 Å². The number of hydrogen-bond acceptors (Lipinski definition) is 2. The molecule has 1 aromatic rings. The van der Waals surface area contributed by atoms with E-state index in [-0.39, 0.29) is 18.5 Å². The number of alkyl halides is 3. The summed E-state index contributed by atoms with van der Waals surface area (Å²) in [6.45, 7) is 3.31. The molecule has 20 heavy (non-hydrogen) atoms. The minimum atomic E-state index is -4.56. The Hall–Kier alpha value is -2.03. The van der Waals surface area contributed by atoms with Gasteiger partial charge in [-0.1, -0.05) is 26.0 Å². The Balaban J connectivity index is 3.12. The van der Waals surface area contributed by atoms with Gasteiger partial charge >= 0.3 is 6.18 Å². The third-order valence-electron chi connectivity index (χ3n) is 3.34. The molecular weight excluding hydrogens is 269 g/mol. The van der Waals surface area contributed by atoms with Crippen LogP contribution in [0.25, 0.3) is 0 Å². The number of amides is 1. The van der Waals surface area contributed by atoms with Crippen LogP contribution in [0, 0.1) is 16.7 Å². The molecule has 3 nitrogen and oxygen atoms in total. The van der Waals surface area contributed by atoms with E-state index in [1.807, 2.05) is 6.07 Å². The predicted octanol–water partition coefficient (Wildman–Crippen LogP) is 3.97. The first-order valence-electron chi connectivity index (χ1n) is 6.19. The molecule has 0 atom stereocenters. The quantitative estimate of drug-likeness (QED) is 0.909. The second-order valence-corrected chi connectivity index (χ2v) is 4.40. The first-order valence-corrected chi connectivity index (χ1v) is 6.19. The van der Waals surface area contributed by atoms with E-state index in [9.17, 15) is 18.0 Å². The van der Waals surface area contributed by atoms with Crippen LogP contribution in [-0.4, -0.2) is 5.91 Å². The number of hydrogen-bond donors (Lipinski definition) is 1. The van der Waals surface area contributed by atoms with Crippen LogP contribution in [0.15, 0.2) is 24.3 Å². The molecule has 0 aromatic heterocycles. The van der Waals surface area contributed by atoms with Crippen molar-refractivity contribution in [3.63, 3.8) is 0 Å². The predicted molar refractivity (Wildman–Crippen MR) is 68.7 cm³/mol. The summed E-state index contributed by atoms with van der Waals surface area (Å²) < 4.78 is 38.5. The minimum Gasteiger partial charge on any atom is -0.324 e. The number of halogens is 3. The third kappa shape index (κ3) is 3.10. The maximum Gasteiger partial charge on any atom is 0.418 e. The van der Waals surface area contributed by atoms with Gasteiger partial charge in [-0.05, 0) is 25.0 Å². The van der Waals surface area contributed by atoms with E-state index in [4.69, 9.17) is 5.26 Å². The zero-order valence-corrected chi connectivity index (χ0v) is 11.2. The number of anilines is 1. The van der Waals surface area contributed by atoms with Crippen molar-refractivity contribution in [2.24, 2.45) is 5.41 Å². The van der Waals surface area contributed by atoms with Crippen molar-refractivity contribution < 1.29 is 18.0 Å². The van der Waals surface area contributed by atoms with Crippen LogP contribution in [0.4, 0.5) is 18.9 Å². The summed E-state index contributed by atoms with van der Waals surface area (Å²) in [4.78, 5) is 12.1. The summed E-state index contributed by atoms with van der Waals surface area (Å²) in [5, 5.41) is 11.4. The summed E-state index contributed by atoms with van der Waals surface area (Å²) in [5.74, 6) is -0.707. The number of nitriles is 1. The van der Waals surface area contributed by atoms with Gasteiger partial charge in [0, 0.05) is 0 Å². The molecule has 0 saturated heterocycles. The summed E-state index contributed by atoms with van der Waals surface area (Å²) in [5.41, 5.74) is -2.56. The van der Waals surface area contributed by atoms with Gasteiger partial charge in [-0.15, -0.1) is 0 Å². The van der Waals surface area contributed by atoms with E-state index in [0.29, 0.717) is 0 Å². The average Bonchev–Trinajstić information content (AvgIpc) is 2.41. The maximum atomic E-state index is 12.8. The minimum absolute atomic E-state index is 0.236. The number of rotatable bonds is 4. The Labute approximate surface area is 115 Å². The second-order valence-electron chi connectivity index (χ2n) is 4.40. The number of benzene rings is 1. The molecule has 1 N–H and O–H groups in total. The maximum absolute atomic E-state index is 12.8. The largest absolute Gasteiger partial charge is 0.418 e. The van der Waals surface area contributed by atoms with Crippen molar-refractivity contribution in [2.75, 3.05) is 5.32 Å². The molecule has 0 aliphatic heterocycles. The highest BCUT2D eigenvalue weighted by Gasteiger charge is 2.38. The lowest BCUT2D eigenvalue weighted by Gasteiger charge is -2.23. The first kappa shape index (κ1) is 16.0. The molecule has 0 aliphatic carbocycles. The van der Waals surface area contributed by atoms with E-state index in [2.05, 4.69) is 5.32 Å². The lowest BCUT2D eigenvalue weighted by molar-refractivity contribution is -0.137. The number of nitrogens with one attached hydrogen (secondary N) is 1. The van der Waals surface area contributed by atoms with Crippen LogP contribution in [-0.2, 0) is 11.0 Å². The van der Waals surface area contributed by atoms with E-state index in [1.165, 1.54) is 18.2 Å². The van der Waals surface area contributed by atoms with E-state index < -0.39 is 23.1 Å². The number of carbonyl (C=O) groups is 1. The molecule has 108 valence electrons. The fourth-order valence-corrected chi connectivity index (χ4v) is 1.86. The Morgan fingerprint density at radius 1 is 1.25 bits per heavy atom. The van der Waals surface area contributed by atoms with Gasteiger partial charge in [0.2, 0.25) is 5.91 Å². The van der Waals surface area contributed by atoms with Crippen molar-refractivity contribution in [3.05, 3.63) is 29.8 Å². The molecule has 0 radical (unpaired) electrons. The van der Waals surface area contributed by atoms with E-state index >= 15 is 0 Å². The second kappa shape index (κ2) is 5.95. The smallest absolute Gasteiger partial charge is 0.324 e. The molecule has 1 aromatic carbocycles. The SMILES string of the molecule is CCC(C#N)(CC)C(=O)Nc1ccccc1C(F)(F)F. The Morgan fingerprint density at radius 2 is 1.80 bits per heavy atom. The molecule has 0 spiro atoms. The van der Waals surface area contributed by atoms with Gasteiger partial charge in [-0.2, -0.15) is 18.4 Å². The molecule has 1 amide bonds. The zero-order valence-electron chi connectivity index (χ0n) is 11.2.